The lowest BCUT2D eigenvalue weighted by atomic mass is 9.89. The summed E-state index contributed by atoms with van der Waals surface area (Å²) in [7, 11) is 0. The SMILES string of the molecule is CCCOC(=O)c1cccc(-c2ccc(C(c3c(C)[nH][nH]c3=O)c3c(C)[nH][nH]c3=O)o2)c1. The zero-order valence-corrected chi connectivity index (χ0v) is 18.0. The second-order valence-electron chi connectivity index (χ2n) is 7.59. The number of rotatable bonds is 7. The van der Waals surface area contributed by atoms with Gasteiger partial charge in [0, 0.05) is 17.0 Å². The maximum absolute atomic E-state index is 12.6. The maximum Gasteiger partial charge on any atom is 0.338 e. The van der Waals surface area contributed by atoms with E-state index >= 15 is 0 Å². The van der Waals surface area contributed by atoms with Crippen LogP contribution in [-0.4, -0.2) is 33.0 Å². The number of hydrogen-bond acceptors (Lipinski definition) is 5. The van der Waals surface area contributed by atoms with Crippen LogP contribution in [0.15, 0.2) is 50.4 Å². The number of carbonyl (C=O) groups is 1. The summed E-state index contributed by atoms with van der Waals surface area (Å²) in [6.07, 6.45) is 0.740. The van der Waals surface area contributed by atoms with E-state index in [1.807, 2.05) is 13.0 Å². The van der Waals surface area contributed by atoms with Crippen molar-refractivity contribution in [1.82, 2.24) is 20.4 Å². The van der Waals surface area contributed by atoms with Gasteiger partial charge >= 0.3 is 5.97 Å². The molecule has 0 unspecified atom stereocenters. The summed E-state index contributed by atoms with van der Waals surface area (Å²) < 4.78 is 11.3. The highest BCUT2D eigenvalue weighted by atomic mass is 16.5. The average Bonchev–Trinajstić information content (AvgIpc) is 3.49. The molecule has 0 saturated heterocycles. The lowest BCUT2D eigenvalue weighted by Gasteiger charge is -2.12. The number of aryl methyl sites for hydroxylation is 2. The monoisotopic (exact) mass is 436 g/mol. The van der Waals surface area contributed by atoms with Gasteiger partial charge in [-0.3, -0.25) is 19.8 Å². The average molecular weight is 436 g/mol. The van der Waals surface area contributed by atoms with Crippen LogP contribution in [0.25, 0.3) is 11.3 Å². The van der Waals surface area contributed by atoms with Gasteiger partial charge in [0.15, 0.2) is 0 Å². The number of nitrogens with one attached hydrogen (secondary N) is 4. The van der Waals surface area contributed by atoms with Crippen LogP contribution < -0.4 is 11.1 Å². The molecule has 9 nitrogen and oxygen atoms in total. The molecule has 0 aliphatic heterocycles. The summed E-state index contributed by atoms with van der Waals surface area (Å²) in [5.74, 6) is -0.182. The Morgan fingerprint density at radius 1 is 0.969 bits per heavy atom. The summed E-state index contributed by atoms with van der Waals surface area (Å²) in [6.45, 7) is 5.79. The molecule has 0 fully saturated rings. The quantitative estimate of drug-likeness (QED) is 0.329. The molecule has 3 aromatic heterocycles. The molecule has 0 aliphatic rings. The van der Waals surface area contributed by atoms with Crippen molar-refractivity contribution < 1.29 is 13.9 Å². The Morgan fingerprint density at radius 2 is 1.62 bits per heavy atom. The van der Waals surface area contributed by atoms with Crippen molar-refractivity contribution in [1.29, 1.82) is 0 Å². The highest BCUT2D eigenvalue weighted by Gasteiger charge is 2.30. The molecule has 1 aromatic carbocycles. The van der Waals surface area contributed by atoms with Gasteiger partial charge in [0.05, 0.1) is 29.2 Å². The molecule has 0 amide bonds. The van der Waals surface area contributed by atoms with Gasteiger partial charge < -0.3 is 19.4 Å². The Hall–Kier alpha value is -4.01. The fourth-order valence-electron chi connectivity index (χ4n) is 3.78. The Bertz CT molecular complexity index is 1310. The highest BCUT2D eigenvalue weighted by Crippen LogP contribution is 2.34. The van der Waals surface area contributed by atoms with E-state index in [2.05, 4.69) is 20.4 Å². The Kier molecular flexibility index (Phi) is 5.72. The number of ether oxygens (including phenoxy) is 1. The standard InChI is InChI=1S/C23H24N4O5/c1-4-10-31-23(30)15-7-5-6-14(11-15)16-8-9-17(32-16)20(18-12(2)24-26-21(18)28)19-13(3)25-27-22(19)29/h5-9,11,20H,4,10H2,1-3H3,(H2,24,26,28)(H2,25,27,29). The minimum atomic E-state index is -0.716. The predicted octanol–water partition coefficient (Wildman–Crippen LogP) is 3.34. The van der Waals surface area contributed by atoms with E-state index in [1.165, 1.54) is 0 Å². The predicted molar refractivity (Wildman–Crippen MR) is 118 cm³/mol. The van der Waals surface area contributed by atoms with Crippen LogP contribution in [0.3, 0.4) is 0 Å². The molecule has 4 N–H and O–H groups in total. The summed E-state index contributed by atoms with van der Waals surface area (Å²) >= 11 is 0. The minimum absolute atomic E-state index is 0.328. The molecule has 4 rings (SSSR count). The second-order valence-corrected chi connectivity index (χ2v) is 7.59. The normalized spacial score (nSPS) is 11.2. The largest absolute Gasteiger partial charge is 0.462 e. The third-order valence-electron chi connectivity index (χ3n) is 5.33. The van der Waals surface area contributed by atoms with Gasteiger partial charge in [0.25, 0.3) is 11.1 Å². The van der Waals surface area contributed by atoms with E-state index in [-0.39, 0.29) is 11.1 Å². The molecule has 0 spiro atoms. The van der Waals surface area contributed by atoms with Gasteiger partial charge in [-0.2, -0.15) is 0 Å². The molecule has 9 heteroatoms. The Balaban J connectivity index is 1.78. The summed E-state index contributed by atoms with van der Waals surface area (Å²) in [5.41, 5.74) is 2.46. The van der Waals surface area contributed by atoms with Gasteiger partial charge in [-0.1, -0.05) is 19.1 Å². The molecule has 3 heterocycles. The first-order valence-corrected chi connectivity index (χ1v) is 10.3. The molecule has 0 aliphatic carbocycles. The van der Waals surface area contributed by atoms with Gasteiger partial charge in [-0.25, -0.2) is 4.79 Å². The van der Waals surface area contributed by atoms with E-state index in [0.29, 0.717) is 51.8 Å². The van der Waals surface area contributed by atoms with E-state index in [0.717, 1.165) is 6.42 Å². The smallest absolute Gasteiger partial charge is 0.338 e. The van der Waals surface area contributed by atoms with Gasteiger partial charge in [0.2, 0.25) is 0 Å². The van der Waals surface area contributed by atoms with Gasteiger partial charge in [-0.15, -0.1) is 0 Å². The first-order valence-electron chi connectivity index (χ1n) is 10.3. The number of aromatic amines is 4. The van der Waals surface area contributed by atoms with Crippen molar-refractivity contribution in [3.63, 3.8) is 0 Å². The van der Waals surface area contributed by atoms with Gasteiger partial charge in [-0.05, 0) is 44.5 Å². The molecule has 0 bridgehead atoms. The first kappa shape index (κ1) is 21.2. The molecular weight excluding hydrogens is 412 g/mol. The molecule has 4 aromatic rings. The number of benzene rings is 1. The summed E-state index contributed by atoms with van der Waals surface area (Å²) in [4.78, 5) is 37.3. The lowest BCUT2D eigenvalue weighted by Crippen LogP contribution is -2.19. The maximum atomic E-state index is 12.6. The third-order valence-corrected chi connectivity index (χ3v) is 5.33. The van der Waals surface area contributed by atoms with Crippen LogP contribution in [0.1, 0.15) is 57.9 Å². The van der Waals surface area contributed by atoms with Crippen LogP contribution >= 0.6 is 0 Å². The van der Waals surface area contributed by atoms with Crippen molar-refractivity contribution in [3.8, 4) is 11.3 Å². The van der Waals surface area contributed by atoms with Crippen molar-refractivity contribution in [2.45, 2.75) is 33.1 Å². The number of esters is 1. The van der Waals surface area contributed by atoms with E-state index in [9.17, 15) is 14.4 Å². The zero-order chi connectivity index (χ0) is 22.8. The number of H-pyrrole nitrogens is 4. The molecule has 0 atom stereocenters. The fraction of sp³-hybridized carbons (Fsp3) is 0.261. The summed E-state index contributed by atoms with van der Waals surface area (Å²) in [6, 6.07) is 10.4. The topological polar surface area (TPSA) is 137 Å². The molecule has 32 heavy (non-hydrogen) atoms. The van der Waals surface area contributed by atoms with Crippen LogP contribution in [-0.2, 0) is 4.74 Å². The lowest BCUT2D eigenvalue weighted by molar-refractivity contribution is 0.0505. The van der Waals surface area contributed by atoms with Crippen LogP contribution in [0.2, 0.25) is 0 Å². The first-order chi connectivity index (χ1) is 15.4. The van der Waals surface area contributed by atoms with Crippen LogP contribution in [0, 0.1) is 13.8 Å². The van der Waals surface area contributed by atoms with Gasteiger partial charge in [0.1, 0.15) is 11.5 Å². The zero-order valence-electron chi connectivity index (χ0n) is 18.0. The molecule has 0 radical (unpaired) electrons. The molecular formula is C23H24N4O5. The van der Waals surface area contributed by atoms with E-state index in [1.54, 1.807) is 44.2 Å². The number of hydrogen-bond donors (Lipinski definition) is 4. The van der Waals surface area contributed by atoms with E-state index < -0.39 is 11.9 Å². The van der Waals surface area contributed by atoms with Crippen LogP contribution in [0.4, 0.5) is 0 Å². The summed E-state index contributed by atoms with van der Waals surface area (Å²) in [5, 5.41) is 10.8. The number of carbonyl (C=O) groups excluding carboxylic acids is 1. The fourth-order valence-corrected chi connectivity index (χ4v) is 3.78. The van der Waals surface area contributed by atoms with Crippen molar-refractivity contribution >= 4 is 5.97 Å². The van der Waals surface area contributed by atoms with Crippen molar-refractivity contribution in [3.05, 3.63) is 90.9 Å². The Morgan fingerprint density at radius 3 is 2.19 bits per heavy atom. The third kappa shape index (κ3) is 3.84. The molecule has 0 saturated carbocycles. The number of aromatic nitrogens is 4. The van der Waals surface area contributed by atoms with Crippen LogP contribution in [0.5, 0.6) is 0 Å². The van der Waals surface area contributed by atoms with Crippen molar-refractivity contribution in [2.75, 3.05) is 6.61 Å². The van der Waals surface area contributed by atoms with Crippen molar-refractivity contribution in [2.24, 2.45) is 0 Å². The minimum Gasteiger partial charge on any atom is -0.462 e. The number of furan rings is 1. The van der Waals surface area contributed by atoms with E-state index in [4.69, 9.17) is 9.15 Å². The second kappa shape index (κ2) is 8.62. The Labute approximate surface area is 182 Å². The highest BCUT2D eigenvalue weighted by molar-refractivity contribution is 5.90. The molecule has 166 valence electrons.